The van der Waals surface area contributed by atoms with Gasteiger partial charge in [0.25, 0.3) is 0 Å². The van der Waals surface area contributed by atoms with Crippen molar-refractivity contribution in [3.63, 3.8) is 0 Å². The van der Waals surface area contributed by atoms with Crippen molar-refractivity contribution in [1.29, 1.82) is 0 Å². The normalized spacial score (nSPS) is 10.9. The molecule has 0 unspecified atom stereocenters. The highest BCUT2D eigenvalue weighted by Crippen LogP contribution is 2.20. The van der Waals surface area contributed by atoms with Crippen molar-refractivity contribution in [3.8, 4) is 5.69 Å². The quantitative estimate of drug-likeness (QED) is 0.717. The van der Waals surface area contributed by atoms with Crippen molar-refractivity contribution < 1.29 is 4.74 Å². The van der Waals surface area contributed by atoms with Crippen LogP contribution in [-0.2, 0) is 18.0 Å². The van der Waals surface area contributed by atoms with E-state index in [1.54, 1.807) is 0 Å². The first-order chi connectivity index (χ1) is 11.1. The van der Waals surface area contributed by atoms with Crippen LogP contribution in [0, 0.1) is 20.8 Å². The summed E-state index contributed by atoms with van der Waals surface area (Å²) in [5.74, 6) is 0. The van der Waals surface area contributed by atoms with Gasteiger partial charge in [-0.3, -0.25) is 0 Å². The van der Waals surface area contributed by atoms with Crippen molar-refractivity contribution in [2.45, 2.75) is 34.0 Å². The van der Waals surface area contributed by atoms with E-state index in [0.29, 0.717) is 13.2 Å². The largest absolute Gasteiger partial charge is 0.370 e. The van der Waals surface area contributed by atoms with Crippen LogP contribution in [0.4, 0.5) is 0 Å². The van der Waals surface area contributed by atoms with Gasteiger partial charge in [0.15, 0.2) is 0 Å². The Morgan fingerprint density at radius 1 is 0.957 bits per heavy atom. The zero-order chi connectivity index (χ0) is 16.2. The Bertz CT molecular complexity index is 770. The summed E-state index contributed by atoms with van der Waals surface area (Å²) < 4.78 is 7.56. The van der Waals surface area contributed by atoms with Gasteiger partial charge < -0.3 is 4.74 Å². The topological polar surface area (TPSA) is 39.9 Å². The monoisotopic (exact) mass is 307 g/mol. The maximum atomic E-state index is 5.72. The molecule has 118 valence electrons. The average Bonchev–Trinajstić information content (AvgIpc) is 2.96. The van der Waals surface area contributed by atoms with E-state index in [9.17, 15) is 0 Å². The minimum atomic E-state index is 0.457. The number of aromatic nitrogens is 3. The molecule has 3 aromatic rings. The molecular weight excluding hydrogens is 286 g/mol. The molecule has 0 bridgehead atoms. The number of benzene rings is 2. The lowest BCUT2D eigenvalue weighted by atomic mass is 10.1. The molecule has 0 fully saturated rings. The van der Waals surface area contributed by atoms with Crippen LogP contribution < -0.4 is 0 Å². The summed E-state index contributed by atoms with van der Waals surface area (Å²) in [6, 6.07) is 14.5. The highest BCUT2D eigenvalue weighted by Gasteiger charge is 2.09. The standard InChI is InChI=1S/C19H21N3O/c1-14-9-15(2)19(16(3)10-14)22-11-18(20-21-22)13-23-12-17-7-5-4-6-8-17/h4-11H,12-13H2,1-3H3. The Morgan fingerprint density at radius 2 is 1.65 bits per heavy atom. The number of rotatable bonds is 5. The lowest BCUT2D eigenvalue weighted by molar-refractivity contribution is 0.104. The number of ether oxygens (including phenoxy) is 1. The van der Waals surface area contributed by atoms with Crippen molar-refractivity contribution in [2.75, 3.05) is 0 Å². The molecule has 0 aliphatic rings. The summed E-state index contributed by atoms with van der Waals surface area (Å²) in [6.45, 7) is 7.34. The van der Waals surface area contributed by atoms with Crippen molar-refractivity contribution in [2.24, 2.45) is 0 Å². The van der Waals surface area contributed by atoms with Crippen LogP contribution in [0.5, 0.6) is 0 Å². The van der Waals surface area contributed by atoms with E-state index in [0.717, 1.165) is 16.9 Å². The summed E-state index contributed by atoms with van der Waals surface area (Å²) in [4.78, 5) is 0. The van der Waals surface area contributed by atoms with Gasteiger partial charge in [-0.25, -0.2) is 4.68 Å². The first-order valence-electron chi connectivity index (χ1n) is 7.74. The molecule has 1 aromatic heterocycles. The molecule has 0 aliphatic heterocycles. The van der Waals surface area contributed by atoms with Crippen LogP contribution in [0.1, 0.15) is 27.9 Å². The molecule has 0 atom stereocenters. The Kier molecular flexibility index (Phi) is 4.53. The van der Waals surface area contributed by atoms with Crippen LogP contribution in [0.3, 0.4) is 0 Å². The molecule has 0 radical (unpaired) electrons. The number of nitrogens with zero attached hydrogens (tertiary/aromatic N) is 3. The van der Waals surface area contributed by atoms with Crippen LogP contribution in [0.2, 0.25) is 0 Å². The van der Waals surface area contributed by atoms with Gasteiger partial charge in [-0.1, -0.05) is 53.2 Å². The van der Waals surface area contributed by atoms with E-state index in [1.807, 2.05) is 29.1 Å². The fraction of sp³-hybridized carbons (Fsp3) is 0.263. The lowest BCUT2D eigenvalue weighted by Gasteiger charge is -2.10. The molecule has 0 spiro atoms. The van der Waals surface area contributed by atoms with Gasteiger partial charge >= 0.3 is 0 Å². The van der Waals surface area contributed by atoms with Crippen molar-refractivity contribution in [3.05, 3.63) is 76.6 Å². The van der Waals surface area contributed by atoms with Gasteiger partial charge in [-0.2, -0.15) is 0 Å². The molecule has 4 nitrogen and oxygen atoms in total. The Labute approximate surface area is 136 Å². The molecule has 3 rings (SSSR count). The Balaban J connectivity index is 1.69. The van der Waals surface area contributed by atoms with Crippen LogP contribution in [0.25, 0.3) is 5.69 Å². The predicted molar refractivity (Wildman–Crippen MR) is 90.5 cm³/mol. The van der Waals surface area contributed by atoms with E-state index in [-0.39, 0.29) is 0 Å². The molecule has 0 aliphatic carbocycles. The molecule has 0 amide bonds. The zero-order valence-corrected chi connectivity index (χ0v) is 13.8. The summed E-state index contributed by atoms with van der Waals surface area (Å²) >= 11 is 0. The maximum absolute atomic E-state index is 5.72. The van der Waals surface area contributed by atoms with Crippen LogP contribution >= 0.6 is 0 Å². The highest BCUT2D eigenvalue weighted by molar-refractivity contribution is 5.48. The molecule has 23 heavy (non-hydrogen) atoms. The number of hydrogen-bond acceptors (Lipinski definition) is 3. The summed E-state index contributed by atoms with van der Waals surface area (Å²) in [7, 11) is 0. The minimum absolute atomic E-state index is 0.457. The lowest BCUT2D eigenvalue weighted by Crippen LogP contribution is -2.01. The third-order valence-electron chi connectivity index (χ3n) is 3.77. The second-order valence-corrected chi connectivity index (χ2v) is 5.88. The Hall–Kier alpha value is -2.46. The fourth-order valence-electron chi connectivity index (χ4n) is 2.86. The molecule has 0 saturated carbocycles. The fourth-order valence-corrected chi connectivity index (χ4v) is 2.86. The van der Waals surface area contributed by atoms with Gasteiger partial charge in [0, 0.05) is 0 Å². The van der Waals surface area contributed by atoms with Gasteiger partial charge in [0.1, 0.15) is 5.69 Å². The van der Waals surface area contributed by atoms with Gasteiger partial charge in [0.2, 0.25) is 0 Å². The predicted octanol–water partition coefficient (Wildman–Crippen LogP) is 3.91. The molecule has 4 heteroatoms. The summed E-state index contributed by atoms with van der Waals surface area (Å²) in [6.07, 6.45) is 1.94. The smallest absolute Gasteiger partial charge is 0.109 e. The van der Waals surface area contributed by atoms with Gasteiger partial charge in [0.05, 0.1) is 25.1 Å². The first-order valence-corrected chi connectivity index (χ1v) is 7.74. The third-order valence-corrected chi connectivity index (χ3v) is 3.77. The third kappa shape index (κ3) is 3.66. The number of aryl methyl sites for hydroxylation is 3. The second-order valence-electron chi connectivity index (χ2n) is 5.88. The van der Waals surface area contributed by atoms with E-state index in [4.69, 9.17) is 4.74 Å². The molecule has 2 aromatic carbocycles. The molecule has 1 heterocycles. The minimum Gasteiger partial charge on any atom is -0.370 e. The van der Waals surface area contributed by atoms with E-state index in [1.165, 1.54) is 16.7 Å². The van der Waals surface area contributed by atoms with Crippen LogP contribution in [-0.4, -0.2) is 15.0 Å². The zero-order valence-electron chi connectivity index (χ0n) is 13.8. The average molecular weight is 307 g/mol. The van der Waals surface area contributed by atoms with Crippen LogP contribution in [0.15, 0.2) is 48.7 Å². The first kappa shape index (κ1) is 15.4. The molecule has 0 saturated heterocycles. The SMILES string of the molecule is Cc1cc(C)c(-n2cc(COCc3ccccc3)nn2)c(C)c1. The number of hydrogen-bond donors (Lipinski definition) is 0. The van der Waals surface area contributed by atoms with Crippen molar-refractivity contribution >= 4 is 0 Å². The van der Waals surface area contributed by atoms with E-state index >= 15 is 0 Å². The van der Waals surface area contributed by atoms with Crippen molar-refractivity contribution in [1.82, 2.24) is 15.0 Å². The highest BCUT2D eigenvalue weighted by atomic mass is 16.5. The molecular formula is C19H21N3O. The van der Waals surface area contributed by atoms with Gasteiger partial charge in [-0.15, -0.1) is 5.10 Å². The summed E-state index contributed by atoms with van der Waals surface area (Å²) in [5, 5.41) is 8.47. The maximum Gasteiger partial charge on any atom is 0.109 e. The summed E-state index contributed by atoms with van der Waals surface area (Å²) in [5.41, 5.74) is 6.74. The van der Waals surface area contributed by atoms with E-state index < -0.39 is 0 Å². The molecule has 0 N–H and O–H groups in total. The second kappa shape index (κ2) is 6.75. The van der Waals surface area contributed by atoms with E-state index in [2.05, 4.69) is 55.3 Å². The Morgan fingerprint density at radius 3 is 2.35 bits per heavy atom. The van der Waals surface area contributed by atoms with Gasteiger partial charge in [-0.05, 0) is 37.5 Å².